The average molecular weight is 503 g/mol. The summed E-state index contributed by atoms with van der Waals surface area (Å²) in [5.74, 6) is -1.51. The monoisotopic (exact) mass is 502 g/mol. The Morgan fingerprint density at radius 2 is 1.35 bits per heavy atom. The molecule has 2 amide bonds. The summed E-state index contributed by atoms with van der Waals surface area (Å²) in [5.41, 5.74) is 3.95. The minimum atomic E-state index is -1.51. The van der Waals surface area contributed by atoms with Gasteiger partial charge in [-0.1, -0.05) is 78.9 Å². The second kappa shape index (κ2) is 10.7. The Hall–Kier alpha value is -4.33. The van der Waals surface area contributed by atoms with Gasteiger partial charge < -0.3 is 25.2 Å². The zero-order valence-electron chi connectivity index (χ0n) is 20.9. The first-order chi connectivity index (χ1) is 17.6. The maximum Gasteiger partial charge on any atom is 0.408 e. The van der Waals surface area contributed by atoms with E-state index in [0.29, 0.717) is 5.56 Å². The van der Waals surface area contributed by atoms with Crippen LogP contribution in [0.2, 0.25) is 0 Å². The maximum atomic E-state index is 12.8. The van der Waals surface area contributed by atoms with Gasteiger partial charge in [-0.3, -0.25) is 0 Å². The van der Waals surface area contributed by atoms with Crippen molar-refractivity contribution >= 4 is 18.2 Å². The minimum Gasteiger partial charge on any atom is -0.480 e. The third-order valence-corrected chi connectivity index (χ3v) is 6.05. The predicted octanol–water partition coefficient (Wildman–Crippen LogP) is 5.24. The number of alkyl carbamates (subject to hydrolysis) is 2. The van der Waals surface area contributed by atoms with Crippen LogP contribution in [-0.2, 0) is 14.3 Å². The van der Waals surface area contributed by atoms with Crippen molar-refractivity contribution < 1.29 is 29.0 Å². The van der Waals surface area contributed by atoms with E-state index in [0.717, 1.165) is 22.3 Å². The number of aliphatic carboxylic acids is 1. The van der Waals surface area contributed by atoms with Crippen molar-refractivity contribution in [2.75, 3.05) is 6.61 Å². The fraction of sp³-hybridized carbons (Fsp3) is 0.276. The van der Waals surface area contributed by atoms with E-state index in [4.69, 9.17) is 9.47 Å². The molecular weight excluding hydrogens is 472 g/mol. The van der Waals surface area contributed by atoms with Gasteiger partial charge in [0, 0.05) is 5.92 Å². The molecule has 0 saturated carbocycles. The number of carboxylic acid groups (broad SMARTS) is 1. The highest BCUT2D eigenvalue weighted by molar-refractivity contribution is 5.82. The van der Waals surface area contributed by atoms with Crippen LogP contribution in [0.15, 0.2) is 78.9 Å². The summed E-state index contributed by atoms with van der Waals surface area (Å²) in [5, 5.41) is 15.0. The van der Waals surface area contributed by atoms with Crippen LogP contribution in [0.3, 0.4) is 0 Å². The van der Waals surface area contributed by atoms with Crippen LogP contribution in [0.5, 0.6) is 0 Å². The van der Waals surface area contributed by atoms with Crippen LogP contribution in [0.25, 0.3) is 11.1 Å². The van der Waals surface area contributed by atoms with E-state index in [1.54, 1.807) is 51.1 Å². The molecule has 0 radical (unpaired) electrons. The third kappa shape index (κ3) is 6.09. The summed E-state index contributed by atoms with van der Waals surface area (Å²) < 4.78 is 10.9. The lowest BCUT2D eigenvalue weighted by molar-refractivity contribution is -0.140. The van der Waals surface area contributed by atoms with E-state index in [1.165, 1.54) is 0 Å². The molecule has 0 saturated heterocycles. The first kappa shape index (κ1) is 25.8. The highest BCUT2D eigenvalue weighted by Crippen LogP contribution is 2.44. The topological polar surface area (TPSA) is 114 Å². The van der Waals surface area contributed by atoms with Gasteiger partial charge >= 0.3 is 18.2 Å². The van der Waals surface area contributed by atoms with Crippen molar-refractivity contribution in [1.29, 1.82) is 0 Å². The molecule has 1 aliphatic rings. The number of carbonyl (C=O) groups excluding carboxylic acids is 2. The molecule has 1 aliphatic carbocycles. The molecule has 0 aliphatic heterocycles. The van der Waals surface area contributed by atoms with Crippen molar-refractivity contribution in [3.8, 4) is 11.1 Å². The number of nitrogens with one attached hydrogen (secondary N) is 2. The summed E-state index contributed by atoms with van der Waals surface area (Å²) in [7, 11) is 0. The Kier molecular flexibility index (Phi) is 7.47. The molecule has 0 bridgehead atoms. The van der Waals surface area contributed by atoms with Crippen LogP contribution in [-0.4, -0.2) is 41.5 Å². The number of hydrogen-bond donors (Lipinski definition) is 3. The van der Waals surface area contributed by atoms with E-state index in [1.807, 2.05) is 48.5 Å². The number of carbonyl (C=O) groups is 3. The number of amides is 2. The number of fused-ring (bicyclic) bond motifs is 3. The van der Waals surface area contributed by atoms with E-state index in [-0.39, 0.29) is 12.5 Å². The SMILES string of the molecule is CC(C)(C)OC(=O)N[C@H](c1ccccc1)[C@H](NC(=O)OCC1c2ccccc2-c2ccccc21)C(=O)O. The summed E-state index contributed by atoms with van der Waals surface area (Å²) in [6.45, 7) is 5.14. The van der Waals surface area contributed by atoms with Crippen LogP contribution >= 0.6 is 0 Å². The largest absolute Gasteiger partial charge is 0.480 e. The highest BCUT2D eigenvalue weighted by atomic mass is 16.6. The molecule has 0 spiro atoms. The van der Waals surface area contributed by atoms with E-state index in [9.17, 15) is 19.5 Å². The van der Waals surface area contributed by atoms with Gasteiger partial charge in [0.1, 0.15) is 12.2 Å². The summed E-state index contributed by atoms with van der Waals surface area (Å²) >= 11 is 0. The van der Waals surface area contributed by atoms with Gasteiger partial charge in [-0.25, -0.2) is 14.4 Å². The van der Waals surface area contributed by atoms with Crippen molar-refractivity contribution in [3.05, 3.63) is 95.6 Å². The van der Waals surface area contributed by atoms with Crippen LogP contribution in [0.1, 0.15) is 49.4 Å². The van der Waals surface area contributed by atoms with Gasteiger partial charge in [0.15, 0.2) is 6.04 Å². The second-order valence-corrected chi connectivity index (χ2v) is 9.82. The van der Waals surface area contributed by atoms with Crippen molar-refractivity contribution in [2.24, 2.45) is 0 Å². The Morgan fingerprint density at radius 3 is 1.89 bits per heavy atom. The lowest BCUT2D eigenvalue weighted by Gasteiger charge is -2.28. The van der Waals surface area contributed by atoms with Crippen molar-refractivity contribution in [3.63, 3.8) is 0 Å². The molecule has 8 nitrogen and oxygen atoms in total. The predicted molar refractivity (Wildman–Crippen MR) is 138 cm³/mol. The maximum absolute atomic E-state index is 12.8. The molecule has 37 heavy (non-hydrogen) atoms. The normalized spacial score (nSPS) is 14.0. The molecule has 3 N–H and O–H groups in total. The standard InChI is InChI=1S/C29H30N2O6/c1-29(2,3)37-28(35)30-24(18-11-5-4-6-12-18)25(26(32)33)31-27(34)36-17-23-21-15-9-7-13-19(21)20-14-8-10-16-22(20)23/h4-16,23-25H,17H2,1-3H3,(H,30,35)(H,31,34)(H,32,33)/t24-,25+/m1/s1. The van der Waals surface area contributed by atoms with Crippen molar-refractivity contribution in [2.45, 2.75) is 44.4 Å². The Bertz CT molecular complexity index is 1240. The van der Waals surface area contributed by atoms with Gasteiger partial charge in [0.05, 0.1) is 6.04 Å². The number of benzene rings is 3. The molecular formula is C29H30N2O6. The molecule has 2 atom stereocenters. The highest BCUT2D eigenvalue weighted by Gasteiger charge is 2.35. The molecule has 0 heterocycles. The first-order valence-electron chi connectivity index (χ1n) is 12.0. The van der Waals surface area contributed by atoms with Crippen LogP contribution in [0.4, 0.5) is 9.59 Å². The zero-order valence-corrected chi connectivity index (χ0v) is 20.9. The number of rotatable bonds is 7. The molecule has 0 fully saturated rings. The molecule has 0 unspecified atom stereocenters. The molecule has 192 valence electrons. The Labute approximate surface area is 215 Å². The van der Waals surface area contributed by atoms with Crippen LogP contribution < -0.4 is 10.6 Å². The number of hydrogen-bond acceptors (Lipinski definition) is 5. The smallest absolute Gasteiger partial charge is 0.408 e. The van der Waals surface area contributed by atoms with Gasteiger partial charge in [0.25, 0.3) is 0 Å². The van der Waals surface area contributed by atoms with E-state index >= 15 is 0 Å². The molecule has 8 heteroatoms. The molecule has 4 rings (SSSR count). The fourth-order valence-corrected chi connectivity index (χ4v) is 4.51. The third-order valence-electron chi connectivity index (χ3n) is 6.05. The zero-order chi connectivity index (χ0) is 26.6. The second-order valence-electron chi connectivity index (χ2n) is 9.82. The molecule has 3 aromatic carbocycles. The van der Waals surface area contributed by atoms with Gasteiger partial charge in [0.2, 0.25) is 0 Å². The molecule has 3 aromatic rings. The van der Waals surface area contributed by atoms with Crippen molar-refractivity contribution in [1.82, 2.24) is 10.6 Å². The number of ether oxygens (including phenoxy) is 2. The van der Waals surface area contributed by atoms with Crippen LogP contribution in [0, 0.1) is 0 Å². The van der Waals surface area contributed by atoms with E-state index < -0.39 is 35.8 Å². The lowest BCUT2D eigenvalue weighted by atomic mass is 9.98. The Morgan fingerprint density at radius 1 is 0.811 bits per heavy atom. The van der Waals surface area contributed by atoms with Gasteiger partial charge in [-0.2, -0.15) is 0 Å². The average Bonchev–Trinajstić information content (AvgIpc) is 3.18. The quantitative estimate of drug-likeness (QED) is 0.407. The minimum absolute atomic E-state index is 0.0295. The molecule has 0 aromatic heterocycles. The van der Waals surface area contributed by atoms with Gasteiger partial charge in [-0.05, 0) is 48.6 Å². The Balaban J connectivity index is 1.50. The summed E-state index contributed by atoms with van der Waals surface area (Å²) in [4.78, 5) is 37.6. The van der Waals surface area contributed by atoms with Gasteiger partial charge in [-0.15, -0.1) is 0 Å². The first-order valence-corrected chi connectivity index (χ1v) is 12.0. The van der Waals surface area contributed by atoms with E-state index in [2.05, 4.69) is 10.6 Å². The summed E-state index contributed by atoms with van der Waals surface area (Å²) in [6.07, 6.45) is -1.71. The summed E-state index contributed by atoms with van der Waals surface area (Å²) in [6, 6.07) is 21.8. The number of carboxylic acids is 1. The lowest BCUT2D eigenvalue weighted by Crippen LogP contribution is -2.51. The fourth-order valence-electron chi connectivity index (χ4n) is 4.51.